The highest BCUT2D eigenvalue weighted by Gasteiger charge is 2.12. The Bertz CT molecular complexity index is 1060. The van der Waals surface area contributed by atoms with Crippen LogP contribution < -0.4 is 5.32 Å². The molecule has 0 spiro atoms. The largest absolute Gasteiger partial charge is 0.469 e. The molecule has 0 saturated heterocycles. The normalized spacial score (nSPS) is 11.0. The van der Waals surface area contributed by atoms with Gasteiger partial charge in [-0.2, -0.15) is 0 Å². The molecule has 6 heteroatoms. The van der Waals surface area contributed by atoms with Crippen molar-refractivity contribution in [2.75, 3.05) is 5.32 Å². The van der Waals surface area contributed by atoms with Gasteiger partial charge in [-0.1, -0.05) is 11.6 Å². The Balaban J connectivity index is 1.57. The fourth-order valence-corrected chi connectivity index (χ4v) is 2.82. The minimum absolute atomic E-state index is 0.197. The smallest absolute Gasteiger partial charge is 0.259 e. The Hall–Kier alpha value is -3.05. The van der Waals surface area contributed by atoms with Crippen LogP contribution >= 0.6 is 11.6 Å². The fraction of sp³-hybridized carbons (Fsp3) is 0.0526. The lowest BCUT2D eigenvalue weighted by molar-refractivity contribution is 0.102. The van der Waals surface area contributed by atoms with Crippen molar-refractivity contribution >= 4 is 34.2 Å². The molecule has 4 rings (SSSR count). The maximum Gasteiger partial charge on any atom is 0.259 e. The van der Waals surface area contributed by atoms with Gasteiger partial charge in [-0.25, -0.2) is 4.98 Å². The van der Waals surface area contributed by atoms with Crippen molar-refractivity contribution in [3.05, 3.63) is 71.1 Å². The van der Waals surface area contributed by atoms with Gasteiger partial charge in [-0.05, 0) is 55.5 Å². The minimum Gasteiger partial charge on any atom is -0.469 e. The maximum absolute atomic E-state index is 12.2. The van der Waals surface area contributed by atoms with Gasteiger partial charge in [0.15, 0.2) is 0 Å². The molecule has 0 bridgehead atoms. The van der Waals surface area contributed by atoms with E-state index in [9.17, 15) is 4.79 Å². The number of fused-ring (bicyclic) bond motifs is 1. The average Bonchev–Trinajstić information content (AvgIpc) is 3.21. The second-order valence-corrected chi connectivity index (χ2v) is 6.11. The van der Waals surface area contributed by atoms with Crippen molar-refractivity contribution in [3.63, 3.8) is 0 Å². The number of nitrogens with zero attached hydrogens (tertiary/aromatic N) is 1. The summed E-state index contributed by atoms with van der Waals surface area (Å²) in [4.78, 5) is 20.0. The summed E-state index contributed by atoms with van der Waals surface area (Å²) in [6, 6.07) is 14.7. The third-order valence-electron chi connectivity index (χ3n) is 3.96. The number of carbonyl (C=O) groups excluding carboxylic acids is 1. The molecule has 0 radical (unpaired) electrons. The Morgan fingerprint density at radius 2 is 1.96 bits per heavy atom. The quantitative estimate of drug-likeness (QED) is 0.543. The van der Waals surface area contributed by atoms with Crippen molar-refractivity contribution in [2.24, 2.45) is 0 Å². The highest BCUT2D eigenvalue weighted by molar-refractivity contribution is 6.31. The van der Waals surface area contributed by atoms with Crippen LogP contribution in [0.1, 0.15) is 16.1 Å². The molecular weight excluding hydrogens is 338 g/mol. The highest BCUT2D eigenvalue weighted by atomic mass is 35.5. The van der Waals surface area contributed by atoms with E-state index in [0.29, 0.717) is 22.0 Å². The number of anilines is 1. The monoisotopic (exact) mass is 351 g/mol. The molecule has 0 aliphatic carbocycles. The predicted molar refractivity (Wildman–Crippen MR) is 97.9 cm³/mol. The average molecular weight is 352 g/mol. The van der Waals surface area contributed by atoms with Crippen molar-refractivity contribution in [1.82, 2.24) is 9.97 Å². The van der Waals surface area contributed by atoms with Crippen LogP contribution in [0.15, 0.2) is 59.2 Å². The van der Waals surface area contributed by atoms with Crippen LogP contribution in [0.3, 0.4) is 0 Å². The first-order valence-electron chi connectivity index (χ1n) is 7.71. The summed E-state index contributed by atoms with van der Waals surface area (Å²) in [7, 11) is 0. The standard InChI is InChI=1S/C19H14ClN3O2/c1-11-15(8-9-25-11)19(24)21-14-5-2-12(3-6-14)18-22-16-7-4-13(20)10-17(16)23-18/h2-10H,1H3,(H,21,24)(H,22,23). The van der Waals surface area contributed by atoms with E-state index in [1.165, 1.54) is 6.26 Å². The van der Waals surface area contributed by atoms with Crippen LogP contribution in [0, 0.1) is 6.92 Å². The Morgan fingerprint density at radius 3 is 2.68 bits per heavy atom. The lowest BCUT2D eigenvalue weighted by Gasteiger charge is -2.05. The lowest BCUT2D eigenvalue weighted by atomic mass is 10.2. The van der Waals surface area contributed by atoms with Gasteiger partial charge in [0, 0.05) is 16.3 Å². The number of H-pyrrole nitrogens is 1. The Kier molecular flexibility index (Phi) is 3.78. The Labute approximate surface area is 148 Å². The molecule has 1 amide bonds. The summed E-state index contributed by atoms with van der Waals surface area (Å²) in [5, 5.41) is 3.51. The molecule has 0 saturated carbocycles. The van der Waals surface area contributed by atoms with Crippen molar-refractivity contribution in [1.29, 1.82) is 0 Å². The predicted octanol–water partition coefficient (Wildman–Crippen LogP) is 5.04. The summed E-state index contributed by atoms with van der Waals surface area (Å²) >= 11 is 6.00. The van der Waals surface area contributed by atoms with Crippen LogP contribution in [0.4, 0.5) is 5.69 Å². The van der Waals surface area contributed by atoms with E-state index < -0.39 is 0 Å². The molecule has 25 heavy (non-hydrogen) atoms. The number of furan rings is 1. The fourth-order valence-electron chi connectivity index (χ4n) is 2.65. The van der Waals surface area contributed by atoms with Gasteiger partial charge in [0.2, 0.25) is 0 Å². The zero-order valence-electron chi connectivity index (χ0n) is 13.3. The highest BCUT2D eigenvalue weighted by Crippen LogP contribution is 2.24. The molecule has 0 atom stereocenters. The molecular formula is C19H14ClN3O2. The number of rotatable bonds is 3. The van der Waals surface area contributed by atoms with E-state index in [1.807, 2.05) is 42.5 Å². The molecule has 4 aromatic rings. The number of benzene rings is 2. The van der Waals surface area contributed by atoms with Gasteiger partial charge in [0.25, 0.3) is 5.91 Å². The molecule has 0 unspecified atom stereocenters. The molecule has 124 valence electrons. The lowest BCUT2D eigenvalue weighted by Crippen LogP contribution is -2.11. The second-order valence-electron chi connectivity index (χ2n) is 5.67. The number of aromatic amines is 1. The van der Waals surface area contributed by atoms with Crippen LogP contribution in [-0.4, -0.2) is 15.9 Å². The molecule has 0 fully saturated rings. The molecule has 0 aliphatic rings. The number of aryl methyl sites for hydroxylation is 1. The third-order valence-corrected chi connectivity index (χ3v) is 4.20. The van der Waals surface area contributed by atoms with Crippen LogP contribution in [-0.2, 0) is 0 Å². The summed E-state index contributed by atoms with van der Waals surface area (Å²) < 4.78 is 5.15. The van der Waals surface area contributed by atoms with Crippen molar-refractivity contribution < 1.29 is 9.21 Å². The second kappa shape index (κ2) is 6.11. The molecule has 2 aromatic heterocycles. The van der Waals surface area contributed by atoms with Gasteiger partial charge in [-0.15, -0.1) is 0 Å². The van der Waals surface area contributed by atoms with E-state index in [2.05, 4.69) is 15.3 Å². The number of imidazole rings is 1. The first-order chi connectivity index (χ1) is 12.1. The van der Waals surface area contributed by atoms with Crippen LogP contribution in [0.2, 0.25) is 5.02 Å². The van der Waals surface area contributed by atoms with Gasteiger partial charge in [-0.3, -0.25) is 4.79 Å². The summed E-state index contributed by atoms with van der Waals surface area (Å²) in [5.41, 5.74) is 3.89. The summed E-state index contributed by atoms with van der Waals surface area (Å²) in [5.74, 6) is 1.15. The number of nitrogens with one attached hydrogen (secondary N) is 2. The number of hydrogen-bond acceptors (Lipinski definition) is 3. The van der Waals surface area contributed by atoms with Crippen molar-refractivity contribution in [3.8, 4) is 11.4 Å². The minimum atomic E-state index is -0.197. The maximum atomic E-state index is 12.2. The molecule has 5 nitrogen and oxygen atoms in total. The van der Waals surface area contributed by atoms with Gasteiger partial charge >= 0.3 is 0 Å². The first-order valence-corrected chi connectivity index (χ1v) is 8.09. The summed E-state index contributed by atoms with van der Waals surface area (Å²) in [6.07, 6.45) is 1.50. The number of halogens is 1. The van der Waals surface area contributed by atoms with E-state index in [-0.39, 0.29) is 5.91 Å². The van der Waals surface area contributed by atoms with E-state index in [0.717, 1.165) is 22.4 Å². The van der Waals surface area contributed by atoms with Gasteiger partial charge in [0.05, 0.1) is 22.9 Å². The van der Waals surface area contributed by atoms with E-state index in [4.69, 9.17) is 16.0 Å². The van der Waals surface area contributed by atoms with Crippen LogP contribution in [0.5, 0.6) is 0 Å². The van der Waals surface area contributed by atoms with Gasteiger partial charge < -0.3 is 14.7 Å². The topological polar surface area (TPSA) is 70.9 Å². The molecule has 2 heterocycles. The number of carbonyl (C=O) groups is 1. The molecule has 2 aromatic carbocycles. The Morgan fingerprint density at radius 1 is 1.16 bits per heavy atom. The summed E-state index contributed by atoms with van der Waals surface area (Å²) in [6.45, 7) is 1.76. The number of hydrogen-bond donors (Lipinski definition) is 2. The SMILES string of the molecule is Cc1occc1C(=O)Nc1ccc(-c2nc3ccc(Cl)cc3[nH]2)cc1. The molecule has 2 N–H and O–H groups in total. The number of amides is 1. The first kappa shape index (κ1) is 15.5. The van der Waals surface area contributed by atoms with Crippen molar-refractivity contribution in [2.45, 2.75) is 6.92 Å². The van der Waals surface area contributed by atoms with Gasteiger partial charge in [0.1, 0.15) is 11.6 Å². The zero-order chi connectivity index (χ0) is 17.4. The molecule has 0 aliphatic heterocycles. The van der Waals surface area contributed by atoms with E-state index >= 15 is 0 Å². The third kappa shape index (κ3) is 3.02. The van der Waals surface area contributed by atoms with Crippen LogP contribution in [0.25, 0.3) is 22.4 Å². The number of aromatic nitrogens is 2. The zero-order valence-corrected chi connectivity index (χ0v) is 14.1. The van der Waals surface area contributed by atoms with E-state index in [1.54, 1.807) is 13.0 Å².